The summed E-state index contributed by atoms with van der Waals surface area (Å²) in [6.07, 6.45) is 3.20. The number of hydrogen-bond acceptors (Lipinski definition) is 7. The normalized spacial score (nSPS) is 17.2. The molecule has 1 saturated heterocycles. The lowest BCUT2D eigenvalue weighted by Gasteiger charge is -2.34. The second-order valence-electron chi connectivity index (χ2n) is 13.0. The van der Waals surface area contributed by atoms with E-state index < -0.39 is 17.8 Å². The first-order valence-corrected chi connectivity index (χ1v) is 16.9. The second kappa shape index (κ2) is 13.8. The number of alkyl halides is 3. The summed E-state index contributed by atoms with van der Waals surface area (Å²) in [6.45, 7) is 8.97. The second-order valence-corrected chi connectivity index (χ2v) is 13.0. The molecule has 2 aliphatic heterocycles. The monoisotopic (exact) mass is 687 g/mol. The van der Waals surface area contributed by atoms with Gasteiger partial charge in [-0.3, -0.25) is 14.6 Å². The van der Waals surface area contributed by atoms with E-state index in [1.165, 1.54) is 6.07 Å². The molecule has 2 amide bonds. The van der Waals surface area contributed by atoms with Gasteiger partial charge in [0, 0.05) is 82.4 Å². The van der Waals surface area contributed by atoms with Crippen LogP contribution in [0.1, 0.15) is 48.6 Å². The van der Waals surface area contributed by atoms with Crippen LogP contribution in [-0.2, 0) is 26.3 Å². The summed E-state index contributed by atoms with van der Waals surface area (Å²) < 4.78 is 50.8. The van der Waals surface area contributed by atoms with Crippen molar-refractivity contribution in [3.8, 4) is 22.8 Å². The summed E-state index contributed by atoms with van der Waals surface area (Å²) in [6, 6.07) is 9.25. The summed E-state index contributed by atoms with van der Waals surface area (Å²) in [4.78, 5) is 32.0. The number of aromatic nitrogens is 5. The van der Waals surface area contributed by atoms with Gasteiger partial charge in [-0.25, -0.2) is 9.78 Å². The van der Waals surface area contributed by atoms with Gasteiger partial charge in [-0.1, -0.05) is 19.9 Å². The van der Waals surface area contributed by atoms with E-state index in [2.05, 4.69) is 32.2 Å². The van der Waals surface area contributed by atoms with E-state index in [0.29, 0.717) is 36.8 Å². The molecule has 5 aromatic rings. The Hall–Kier alpha value is -4.95. The topological polar surface area (TPSA) is 107 Å². The summed E-state index contributed by atoms with van der Waals surface area (Å²) in [5, 5.41) is 7.77. The zero-order chi connectivity index (χ0) is 35.0. The number of benzene rings is 1. The minimum atomic E-state index is -4.55. The highest BCUT2D eigenvalue weighted by Crippen LogP contribution is 2.37. The number of ether oxygens (including phenoxy) is 1. The Morgan fingerprint density at radius 2 is 1.84 bits per heavy atom. The van der Waals surface area contributed by atoms with Crippen molar-refractivity contribution in [2.45, 2.75) is 45.5 Å². The molecular formula is C36H40F3N9O2. The maximum absolute atomic E-state index is 14.2. The number of pyridine rings is 2. The maximum Gasteiger partial charge on any atom is 0.416 e. The fourth-order valence-corrected chi connectivity index (χ4v) is 6.85. The highest BCUT2D eigenvalue weighted by Gasteiger charge is 2.35. The van der Waals surface area contributed by atoms with Crippen molar-refractivity contribution in [3.05, 3.63) is 83.6 Å². The van der Waals surface area contributed by atoms with Gasteiger partial charge < -0.3 is 24.8 Å². The molecule has 0 bridgehead atoms. The maximum atomic E-state index is 14.2. The number of carbonyl (C=O) groups is 1. The zero-order valence-electron chi connectivity index (χ0n) is 28.3. The van der Waals surface area contributed by atoms with Crippen molar-refractivity contribution >= 4 is 22.8 Å². The Morgan fingerprint density at radius 3 is 2.56 bits per heavy atom. The highest BCUT2D eigenvalue weighted by atomic mass is 19.4. The molecule has 1 fully saturated rings. The molecule has 262 valence electrons. The molecule has 2 aliphatic rings. The number of nitrogens with one attached hydrogen (secondary N) is 2. The number of amides is 2. The Kier molecular flexibility index (Phi) is 9.23. The molecule has 11 nitrogen and oxygen atoms in total. The first-order valence-electron chi connectivity index (χ1n) is 16.9. The molecule has 14 heteroatoms. The number of likely N-dealkylation sites (N-methyl/N-ethyl adjacent to an activating group) is 1. The van der Waals surface area contributed by atoms with Crippen LogP contribution in [-0.4, -0.2) is 84.7 Å². The number of aromatic amines is 1. The predicted octanol–water partition coefficient (Wildman–Crippen LogP) is 6.85. The number of anilines is 1. The van der Waals surface area contributed by atoms with Crippen LogP contribution in [0.25, 0.3) is 22.3 Å². The van der Waals surface area contributed by atoms with Crippen LogP contribution >= 0.6 is 0 Å². The van der Waals surface area contributed by atoms with E-state index >= 15 is 0 Å². The number of aryl methyl sites for hydroxylation is 1. The smallest absolute Gasteiger partial charge is 0.416 e. The van der Waals surface area contributed by atoms with Crippen molar-refractivity contribution in [2.75, 3.05) is 44.6 Å². The van der Waals surface area contributed by atoms with Crippen LogP contribution < -0.4 is 10.1 Å². The van der Waals surface area contributed by atoms with Gasteiger partial charge in [0.05, 0.1) is 34.7 Å². The van der Waals surface area contributed by atoms with Crippen LogP contribution in [0, 0.1) is 0 Å². The molecule has 1 unspecified atom stereocenters. The molecule has 2 N–H and O–H groups in total. The fourth-order valence-electron chi connectivity index (χ4n) is 6.85. The number of fused-ring (bicyclic) bond motifs is 2. The SMILES string of the molecule is CCC1CN(C(=O)Nc2ccc(CN3CCN(CC)CC3)c(C(F)(F)F)c2)Cc2cc(Oc3ccnc4[nH]c(-c5cnn(C)c5)cc34)cnc21. The van der Waals surface area contributed by atoms with E-state index in [9.17, 15) is 18.0 Å². The van der Waals surface area contributed by atoms with Gasteiger partial charge in [0.15, 0.2) is 0 Å². The summed E-state index contributed by atoms with van der Waals surface area (Å²) in [5.41, 5.74) is 3.73. The van der Waals surface area contributed by atoms with Gasteiger partial charge in [0.1, 0.15) is 17.1 Å². The molecule has 6 heterocycles. The molecule has 0 saturated carbocycles. The average molecular weight is 688 g/mol. The number of nitrogens with zero attached hydrogens (tertiary/aromatic N) is 7. The largest absolute Gasteiger partial charge is 0.455 e. The molecule has 50 heavy (non-hydrogen) atoms. The number of halogens is 3. The van der Waals surface area contributed by atoms with Crippen molar-refractivity contribution in [1.29, 1.82) is 0 Å². The third-order valence-corrected chi connectivity index (χ3v) is 9.65. The fraction of sp³-hybridized carbons (Fsp3) is 0.389. The lowest BCUT2D eigenvalue weighted by molar-refractivity contribution is -0.138. The van der Waals surface area contributed by atoms with Gasteiger partial charge in [-0.2, -0.15) is 18.3 Å². The van der Waals surface area contributed by atoms with E-state index in [-0.39, 0.29) is 30.3 Å². The number of hydrogen-bond donors (Lipinski definition) is 2. The lowest BCUT2D eigenvalue weighted by Crippen LogP contribution is -2.45. The standard InChI is InChI=1S/C36H40F3N9O2/c1-4-23-21-48(35(49)43-27-7-6-24(30(15-27)36(37,38)39)20-47-12-10-46(5-2)11-13-47)22-25-14-28(18-41-33(23)25)50-32-8-9-40-34-29(32)16-31(44-34)26-17-42-45(3)19-26/h6-9,14-19,23H,4-5,10-13,20-22H2,1-3H3,(H,40,44)(H,43,49). The zero-order valence-corrected chi connectivity index (χ0v) is 28.3. The van der Waals surface area contributed by atoms with Crippen LogP contribution in [0.2, 0.25) is 0 Å². The van der Waals surface area contributed by atoms with Crippen LogP contribution in [0.15, 0.2) is 61.2 Å². The van der Waals surface area contributed by atoms with Crippen molar-refractivity contribution in [2.24, 2.45) is 7.05 Å². The molecule has 7 rings (SSSR count). The molecular weight excluding hydrogens is 647 g/mol. The third-order valence-electron chi connectivity index (χ3n) is 9.65. The first kappa shape index (κ1) is 33.5. The Labute approximate surface area is 288 Å². The molecule has 0 spiro atoms. The average Bonchev–Trinajstić information content (AvgIpc) is 3.75. The van der Waals surface area contributed by atoms with Crippen LogP contribution in [0.4, 0.5) is 23.7 Å². The predicted molar refractivity (Wildman–Crippen MR) is 184 cm³/mol. The highest BCUT2D eigenvalue weighted by molar-refractivity contribution is 5.90. The third kappa shape index (κ3) is 7.03. The number of urea groups is 1. The van der Waals surface area contributed by atoms with Gasteiger partial charge in [-0.05, 0) is 54.4 Å². The number of piperazine rings is 1. The Morgan fingerprint density at radius 1 is 1.04 bits per heavy atom. The number of rotatable bonds is 8. The van der Waals surface area contributed by atoms with E-state index in [4.69, 9.17) is 9.72 Å². The van der Waals surface area contributed by atoms with Gasteiger partial charge in [-0.15, -0.1) is 0 Å². The van der Waals surface area contributed by atoms with Crippen LogP contribution in [0.5, 0.6) is 11.5 Å². The van der Waals surface area contributed by atoms with Crippen LogP contribution in [0.3, 0.4) is 0 Å². The Balaban J connectivity index is 1.07. The summed E-state index contributed by atoms with van der Waals surface area (Å²) in [7, 11) is 1.85. The first-order chi connectivity index (χ1) is 24.1. The lowest BCUT2D eigenvalue weighted by atomic mass is 9.92. The molecule has 0 aliphatic carbocycles. The van der Waals surface area contributed by atoms with E-state index in [1.54, 1.807) is 40.3 Å². The van der Waals surface area contributed by atoms with Gasteiger partial charge in [0.2, 0.25) is 0 Å². The minimum Gasteiger partial charge on any atom is -0.455 e. The molecule has 4 aromatic heterocycles. The van der Waals surface area contributed by atoms with Crippen molar-refractivity contribution in [1.82, 2.24) is 39.4 Å². The van der Waals surface area contributed by atoms with E-state index in [1.807, 2.05) is 37.2 Å². The molecule has 1 atom stereocenters. The van der Waals surface area contributed by atoms with Gasteiger partial charge >= 0.3 is 12.2 Å². The number of carbonyl (C=O) groups excluding carboxylic acids is 1. The quantitative estimate of drug-likeness (QED) is 0.184. The molecule has 0 radical (unpaired) electrons. The van der Waals surface area contributed by atoms with E-state index in [0.717, 1.165) is 60.0 Å². The number of H-pyrrole nitrogens is 1. The summed E-state index contributed by atoms with van der Waals surface area (Å²) >= 11 is 0. The minimum absolute atomic E-state index is 0.0424. The summed E-state index contributed by atoms with van der Waals surface area (Å²) in [5.74, 6) is 1.05. The molecule has 1 aromatic carbocycles. The van der Waals surface area contributed by atoms with Gasteiger partial charge in [0.25, 0.3) is 0 Å². The van der Waals surface area contributed by atoms with Crippen molar-refractivity contribution < 1.29 is 22.7 Å². The van der Waals surface area contributed by atoms with Crippen molar-refractivity contribution in [3.63, 3.8) is 0 Å². The Bertz CT molecular complexity index is 2000.